The van der Waals surface area contributed by atoms with E-state index in [1.807, 2.05) is 0 Å². The molecular weight excluding hydrogens is 192 g/mol. The summed E-state index contributed by atoms with van der Waals surface area (Å²) >= 11 is 0. The van der Waals surface area contributed by atoms with Crippen molar-refractivity contribution in [3.63, 3.8) is 0 Å². The van der Waals surface area contributed by atoms with E-state index in [0.717, 1.165) is 38.5 Å². The van der Waals surface area contributed by atoms with Crippen LogP contribution >= 0.6 is 0 Å². The highest BCUT2D eigenvalue weighted by Gasteiger charge is 2.27. The minimum Gasteiger partial charge on any atom is -0.396 e. The minimum absolute atomic E-state index is 0.266. The molecule has 3 nitrogen and oxygen atoms in total. The van der Waals surface area contributed by atoms with Gasteiger partial charge in [-0.15, -0.1) is 0 Å². The lowest BCUT2D eigenvalue weighted by Gasteiger charge is -2.34. The van der Waals surface area contributed by atoms with E-state index in [-0.39, 0.29) is 19.8 Å². The second-order valence-corrected chi connectivity index (χ2v) is 4.84. The van der Waals surface area contributed by atoms with Crippen LogP contribution in [-0.2, 0) is 0 Å². The average molecular weight is 216 g/mol. The van der Waals surface area contributed by atoms with E-state index in [1.54, 1.807) is 0 Å². The SMILES string of the molecule is OCCC1CC(CCO)CC(CCO)C1. The summed E-state index contributed by atoms with van der Waals surface area (Å²) in [6.45, 7) is 0.799. The topological polar surface area (TPSA) is 60.7 Å². The smallest absolute Gasteiger partial charge is 0.0433 e. The zero-order valence-electron chi connectivity index (χ0n) is 9.44. The first-order valence-electron chi connectivity index (χ1n) is 6.12. The Morgan fingerprint density at radius 2 is 0.867 bits per heavy atom. The lowest BCUT2D eigenvalue weighted by Crippen LogP contribution is -2.25. The minimum atomic E-state index is 0.266. The molecule has 0 spiro atoms. The summed E-state index contributed by atoms with van der Waals surface area (Å²) in [6.07, 6.45) is 6.06. The van der Waals surface area contributed by atoms with Crippen molar-refractivity contribution in [1.29, 1.82) is 0 Å². The fraction of sp³-hybridized carbons (Fsp3) is 1.00. The van der Waals surface area contributed by atoms with Crippen molar-refractivity contribution in [3.05, 3.63) is 0 Å². The molecule has 0 aromatic rings. The van der Waals surface area contributed by atoms with Gasteiger partial charge in [0.2, 0.25) is 0 Å². The highest BCUT2D eigenvalue weighted by molar-refractivity contribution is 4.78. The van der Waals surface area contributed by atoms with E-state index in [0.29, 0.717) is 17.8 Å². The number of aliphatic hydroxyl groups excluding tert-OH is 3. The van der Waals surface area contributed by atoms with Crippen molar-refractivity contribution < 1.29 is 15.3 Å². The summed E-state index contributed by atoms with van der Waals surface area (Å²) in [6, 6.07) is 0. The number of hydrogen-bond acceptors (Lipinski definition) is 3. The number of hydrogen-bond donors (Lipinski definition) is 3. The number of rotatable bonds is 6. The summed E-state index contributed by atoms with van der Waals surface area (Å²) in [4.78, 5) is 0. The highest BCUT2D eigenvalue weighted by Crippen LogP contribution is 2.37. The molecule has 1 rings (SSSR count). The molecule has 0 aromatic heterocycles. The van der Waals surface area contributed by atoms with Gasteiger partial charge in [-0.2, -0.15) is 0 Å². The third-order valence-corrected chi connectivity index (χ3v) is 3.61. The molecule has 0 amide bonds. The third-order valence-electron chi connectivity index (χ3n) is 3.61. The molecule has 0 aromatic carbocycles. The normalized spacial score (nSPS) is 31.8. The van der Waals surface area contributed by atoms with E-state index in [2.05, 4.69) is 0 Å². The van der Waals surface area contributed by atoms with Crippen molar-refractivity contribution in [2.75, 3.05) is 19.8 Å². The van der Waals surface area contributed by atoms with Crippen LogP contribution in [0.15, 0.2) is 0 Å². The lowest BCUT2D eigenvalue weighted by molar-refractivity contribution is 0.119. The van der Waals surface area contributed by atoms with Crippen LogP contribution in [0, 0.1) is 17.8 Å². The van der Waals surface area contributed by atoms with Gasteiger partial charge in [-0.25, -0.2) is 0 Å². The maximum atomic E-state index is 8.95. The van der Waals surface area contributed by atoms with E-state index in [4.69, 9.17) is 15.3 Å². The van der Waals surface area contributed by atoms with E-state index in [1.165, 1.54) is 0 Å². The Hall–Kier alpha value is -0.120. The van der Waals surface area contributed by atoms with Gasteiger partial charge in [0.05, 0.1) is 0 Å². The van der Waals surface area contributed by atoms with Crippen molar-refractivity contribution in [2.24, 2.45) is 17.8 Å². The second kappa shape index (κ2) is 7.20. The molecule has 3 N–H and O–H groups in total. The summed E-state index contributed by atoms with van der Waals surface area (Å²) in [5.74, 6) is 1.78. The molecule has 90 valence electrons. The molecule has 0 unspecified atom stereocenters. The van der Waals surface area contributed by atoms with Crippen LogP contribution in [0.3, 0.4) is 0 Å². The van der Waals surface area contributed by atoms with Gasteiger partial charge in [-0.3, -0.25) is 0 Å². The Morgan fingerprint density at radius 1 is 0.600 bits per heavy atom. The maximum Gasteiger partial charge on any atom is 0.0433 e. The molecule has 0 aliphatic heterocycles. The standard InChI is InChI=1S/C12H24O3/c13-4-1-10-7-11(2-5-14)9-12(8-10)3-6-15/h10-15H,1-9H2. The highest BCUT2D eigenvalue weighted by atomic mass is 16.3. The van der Waals surface area contributed by atoms with Crippen LogP contribution in [0.25, 0.3) is 0 Å². The first kappa shape index (κ1) is 12.9. The molecule has 15 heavy (non-hydrogen) atoms. The molecular formula is C12H24O3. The quantitative estimate of drug-likeness (QED) is 0.624. The average Bonchev–Trinajstić information content (AvgIpc) is 2.19. The maximum absolute atomic E-state index is 8.95. The molecule has 0 bridgehead atoms. The lowest BCUT2D eigenvalue weighted by atomic mass is 9.72. The summed E-state index contributed by atoms with van der Waals surface area (Å²) < 4.78 is 0. The predicted octanol–water partition coefficient (Wildman–Crippen LogP) is 1.17. The Labute approximate surface area is 92.1 Å². The molecule has 1 aliphatic rings. The van der Waals surface area contributed by atoms with Gasteiger partial charge in [-0.05, 0) is 56.3 Å². The van der Waals surface area contributed by atoms with E-state index < -0.39 is 0 Å². The first-order chi connectivity index (χ1) is 7.30. The molecule has 3 heteroatoms. The fourth-order valence-electron chi connectivity index (χ4n) is 2.96. The van der Waals surface area contributed by atoms with Gasteiger partial charge < -0.3 is 15.3 Å². The van der Waals surface area contributed by atoms with Crippen molar-refractivity contribution in [3.8, 4) is 0 Å². The molecule has 0 saturated heterocycles. The van der Waals surface area contributed by atoms with Crippen LogP contribution in [0.1, 0.15) is 38.5 Å². The van der Waals surface area contributed by atoms with Crippen LogP contribution in [0.4, 0.5) is 0 Å². The number of aliphatic hydroxyl groups is 3. The van der Waals surface area contributed by atoms with Gasteiger partial charge in [0.15, 0.2) is 0 Å². The van der Waals surface area contributed by atoms with Gasteiger partial charge in [0.1, 0.15) is 0 Å². The first-order valence-corrected chi connectivity index (χ1v) is 6.12. The van der Waals surface area contributed by atoms with Crippen LogP contribution in [0.2, 0.25) is 0 Å². The Morgan fingerprint density at radius 3 is 1.07 bits per heavy atom. The molecule has 1 fully saturated rings. The van der Waals surface area contributed by atoms with Gasteiger partial charge in [-0.1, -0.05) is 0 Å². The monoisotopic (exact) mass is 216 g/mol. The van der Waals surface area contributed by atoms with Crippen molar-refractivity contribution in [1.82, 2.24) is 0 Å². The predicted molar refractivity (Wildman–Crippen MR) is 59.4 cm³/mol. The van der Waals surface area contributed by atoms with Crippen LogP contribution < -0.4 is 0 Å². The van der Waals surface area contributed by atoms with E-state index >= 15 is 0 Å². The Balaban J connectivity index is 2.40. The summed E-state index contributed by atoms with van der Waals surface area (Å²) in [5, 5.41) is 26.9. The molecule has 0 heterocycles. The Bertz CT molecular complexity index is 126. The van der Waals surface area contributed by atoms with E-state index in [9.17, 15) is 0 Å². The molecule has 1 saturated carbocycles. The van der Waals surface area contributed by atoms with Crippen LogP contribution in [0.5, 0.6) is 0 Å². The summed E-state index contributed by atoms with van der Waals surface area (Å²) in [5.41, 5.74) is 0. The van der Waals surface area contributed by atoms with Gasteiger partial charge in [0.25, 0.3) is 0 Å². The second-order valence-electron chi connectivity index (χ2n) is 4.84. The van der Waals surface area contributed by atoms with Crippen molar-refractivity contribution >= 4 is 0 Å². The van der Waals surface area contributed by atoms with Gasteiger partial charge in [0, 0.05) is 19.8 Å². The molecule has 1 aliphatic carbocycles. The van der Waals surface area contributed by atoms with Crippen LogP contribution in [-0.4, -0.2) is 35.1 Å². The summed E-state index contributed by atoms with van der Waals surface area (Å²) in [7, 11) is 0. The Kier molecular flexibility index (Phi) is 6.22. The molecule has 0 atom stereocenters. The van der Waals surface area contributed by atoms with Gasteiger partial charge >= 0.3 is 0 Å². The zero-order valence-corrected chi connectivity index (χ0v) is 9.44. The fourth-order valence-corrected chi connectivity index (χ4v) is 2.96. The largest absolute Gasteiger partial charge is 0.396 e. The van der Waals surface area contributed by atoms with Crippen molar-refractivity contribution in [2.45, 2.75) is 38.5 Å². The molecule has 0 radical (unpaired) electrons. The third kappa shape index (κ3) is 4.49. The zero-order chi connectivity index (χ0) is 11.1.